The highest BCUT2D eigenvalue weighted by atomic mass is 127. The lowest BCUT2D eigenvalue weighted by molar-refractivity contribution is 0.255. The summed E-state index contributed by atoms with van der Waals surface area (Å²) in [6, 6.07) is 2.72. The SMILES string of the molecule is CN(C(=O)N=C(N)N)c1c(Cl)cc(I)cc1Cl. The third-order valence-electron chi connectivity index (χ3n) is 1.83. The molecule has 5 nitrogen and oxygen atoms in total. The van der Waals surface area contributed by atoms with E-state index < -0.39 is 6.03 Å². The van der Waals surface area contributed by atoms with Crippen molar-refractivity contribution >= 4 is 63.5 Å². The normalized spacial score (nSPS) is 9.88. The molecule has 0 aliphatic carbocycles. The van der Waals surface area contributed by atoms with E-state index in [9.17, 15) is 4.79 Å². The zero-order chi connectivity index (χ0) is 13.2. The number of nitrogens with two attached hydrogens (primary N) is 2. The average Bonchev–Trinajstić information content (AvgIpc) is 2.14. The first-order valence-electron chi connectivity index (χ1n) is 4.34. The number of hydrogen-bond acceptors (Lipinski definition) is 1. The molecule has 0 fully saturated rings. The molecule has 0 heterocycles. The lowest BCUT2D eigenvalue weighted by atomic mass is 10.3. The molecule has 4 N–H and O–H groups in total. The number of rotatable bonds is 1. The van der Waals surface area contributed by atoms with Crippen LogP contribution in [0.2, 0.25) is 10.0 Å². The van der Waals surface area contributed by atoms with Crippen molar-refractivity contribution in [3.63, 3.8) is 0 Å². The lowest BCUT2D eigenvalue weighted by Crippen LogP contribution is -2.30. The Morgan fingerprint density at radius 1 is 1.35 bits per heavy atom. The zero-order valence-electron chi connectivity index (χ0n) is 8.75. The molecular weight excluding hydrogens is 378 g/mol. The molecule has 0 aliphatic heterocycles. The Balaban J connectivity index is 3.17. The van der Waals surface area contributed by atoms with Crippen LogP contribution in [0.25, 0.3) is 0 Å². The van der Waals surface area contributed by atoms with E-state index in [1.54, 1.807) is 12.1 Å². The highest BCUT2D eigenvalue weighted by Gasteiger charge is 2.17. The van der Waals surface area contributed by atoms with Gasteiger partial charge in [-0.25, -0.2) is 4.79 Å². The molecule has 1 aromatic rings. The van der Waals surface area contributed by atoms with Gasteiger partial charge in [-0.05, 0) is 34.7 Å². The summed E-state index contributed by atoms with van der Waals surface area (Å²) in [7, 11) is 1.48. The predicted octanol–water partition coefficient (Wildman–Crippen LogP) is 2.43. The van der Waals surface area contributed by atoms with E-state index >= 15 is 0 Å². The molecule has 1 rings (SSSR count). The molecule has 0 bridgehead atoms. The van der Waals surface area contributed by atoms with Gasteiger partial charge in [-0.15, -0.1) is 0 Å². The summed E-state index contributed by atoms with van der Waals surface area (Å²) in [5.41, 5.74) is 10.6. The van der Waals surface area contributed by atoms with Crippen LogP contribution in [0.3, 0.4) is 0 Å². The third kappa shape index (κ3) is 3.62. The van der Waals surface area contributed by atoms with Gasteiger partial charge in [0.25, 0.3) is 0 Å². The third-order valence-corrected chi connectivity index (χ3v) is 3.03. The Morgan fingerprint density at radius 2 is 1.82 bits per heavy atom. The van der Waals surface area contributed by atoms with Gasteiger partial charge in [0, 0.05) is 10.6 Å². The molecule has 0 atom stereocenters. The Labute approximate surface area is 122 Å². The molecule has 8 heteroatoms. The number of anilines is 1. The molecule has 0 aliphatic rings. The van der Waals surface area contributed by atoms with Crippen LogP contribution in [-0.2, 0) is 0 Å². The second-order valence-corrected chi connectivity index (χ2v) is 5.16. The van der Waals surface area contributed by atoms with Gasteiger partial charge < -0.3 is 11.5 Å². The van der Waals surface area contributed by atoms with E-state index in [-0.39, 0.29) is 5.96 Å². The average molecular weight is 387 g/mol. The molecule has 92 valence electrons. The minimum Gasteiger partial charge on any atom is -0.370 e. The Kier molecular flexibility index (Phi) is 4.84. The first-order chi connectivity index (χ1) is 7.82. The number of carbonyl (C=O) groups is 1. The van der Waals surface area contributed by atoms with Crippen molar-refractivity contribution < 1.29 is 4.79 Å². The van der Waals surface area contributed by atoms with Crippen molar-refractivity contribution in [3.8, 4) is 0 Å². The number of hydrogen-bond donors (Lipinski definition) is 2. The lowest BCUT2D eigenvalue weighted by Gasteiger charge is -2.17. The number of urea groups is 1. The predicted molar refractivity (Wildman–Crippen MR) is 78.8 cm³/mol. The summed E-state index contributed by atoms with van der Waals surface area (Å²) in [5, 5.41) is 0.701. The summed E-state index contributed by atoms with van der Waals surface area (Å²) < 4.78 is 0.865. The fraction of sp³-hybridized carbons (Fsp3) is 0.111. The fourth-order valence-corrected chi connectivity index (χ4v) is 2.87. The van der Waals surface area contributed by atoms with Gasteiger partial charge in [0.15, 0.2) is 5.96 Å². The smallest absolute Gasteiger partial charge is 0.351 e. The molecule has 17 heavy (non-hydrogen) atoms. The Hall–Kier alpha value is -0.730. The summed E-state index contributed by atoms with van der Waals surface area (Å²) >= 11 is 14.1. The summed E-state index contributed by atoms with van der Waals surface area (Å²) in [5.74, 6) is -0.320. The summed E-state index contributed by atoms with van der Waals surface area (Å²) in [6.45, 7) is 0. The van der Waals surface area contributed by atoms with E-state index in [0.717, 1.165) is 3.57 Å². The maximum Gasteiger partial charge on any atom is 0.351 e. The van der Waals surface area contributed by atoms with Crippen molar-refractivity contribution in [1.29, 1.82) is 0 Å². The number of guanidine groups is 1. The van der Waals surface area contributed by atoms with Crippen molar-refractivity contribution in [2.45, 2.75) is 0 Å². The number of nitrogens with zero attached hydrogens (tertiary/aromatic N) is 2. The molecule has 0 saturated heterocycles. The number of aliphatic imine (C=N–C) groups is 1. The van der Waals surface area contributed by atoms with Gasteiger partial charge in [-0.3, -0.25) is 4.90 Å². The largest absolute Gasteiger partial charge is 0.370 e. The molecule has 2 amide bonds. The molecule has 0 aromatic heterocycles. The van der Waals surface area contributed by atoms with Gasteiger partial charge in [-0.2, -0.15) is 4.99 Å². The summed E-state index contributed by atoms with van der Waals surface area (Å²) in [4.78, 5) is 16.2. The first-order valence-corrected chi connectivity index (χ1v) is 6.18. The van der Waals surface area contributed by atoms with Crippen molar-refractivity contribution in [3.05, 3.63) is 25.7 Å². The van der Waals surface area contributed by atoms with Crippen LogP contribution >= 0.6 is 45.8 Å². The number of amides is 2. The second-order valence-electron chi connectivity index (χ2n) is 3.10. The van der Waals surface area contributed by atoms with E-state index in [1.165, 1.54) is 11.9 Å². The topological polar surface area (TPSA) is 84.7 Å². The van der Waals surface area contributed by atoms with Gasteiger partial charge in [0.2, 0.25) is 0 Å². The Morgan fingerprint density at radius 3 is 2.24 bits per heavy atom. The highest BCUT2D eigenvalue weighted by Crippen LogP contribution is 2.35. The van der Waals surface area contributed by atoms with Gasteiger partial charge in [0.1, 0.15) is 0 Å². The van der Waals surface area contributed by atoms with Gasteiger partial charge in [-0.1, -0.05) is 23.2 Å². The number of benzene rings is 1. The van der Waals surface area contributed by atoms with E-state index in [2.05, 4.69) is 27.6 Å². The Bertz CT molecular complexity index is 465. The quantitative estimate of drug-likeness (QED) is 0.441. The first kappa shape index (κ1) is 14.3. The van der Waals surface area contributed by atoms with Gasteiger partial charge >= 0.3 is 6.03 Å². The van der Waals surface area contributed by atoms with Crippen molar-refractivity contribution in [2.24, 2.45) is 16.5 Å². The second kappa shape index (κ2) is 5.74. The van der Waals surface area contributed by atoms with E-state index in [1.807, 2.05) is 0 Å². The van der Waals surface area contributed by atoms with Crippen LogP contribution in [0.1, 0.15) is 0 Å². The molecular formula is C9H9Cl2IN4O. The molecule has 0 spiro atoms. The van der Waals surface area contributed by atoms with Crippen LogP contribution in [0.5, 0.6) is 0 Å². The van der Waals surface area contributed by atoms with E-state index in [4.69, 9.17) is 34.7 Å². The minimum atomic E-state index is -0.644. The monoisotopic (exact) mass is 386 g/mol. The standard InChI is InChI=1S/C9H9Cl2IN4O/c1-16(9(17)15-8(13)14)7-5(10)2-4(12)3-6(7)11/h2-3H,1H3,(H4,13,14,15,17). The molecule has 0 saturated carbocycles. The van der Waals surface area contributed by atoms with Crippen molar-refractivity contribution in [1.82, 2.24) is 0 Å². The molecule has 0 radical (unpaired) electrons. The minimum absolute atomic E-state index is 0.320. The fourth-order valence-electron chi connectivity index (χ4n) is 1.14. The summed E-state index contributed by atoms with van der Waals surface area (Å²) in [6.07, 6.45) is 0. The molecule has 0 unspecified atom stereocenters. The van der Waals surface area contributed by atoms with E-state index in [0.29, 0.717) is 15.7 Å². The number of halogens is 3. The maximum absolute atomic E-state index is 11.6. The van der Waals surface area contributed by atoms with Crippen molar-refractivity contribution in [2.75, 3.05) is 11.9 Å². The molecule has 1 aromatic carbocycles. The van der Waals surface area contributed by atoms with Crippen LogP contribution in [0.15, 0.2) is 17.1 Å². The number of carbonyl (C=O) groups excluding carboxylic acids is 1. The maximum atomic E-state index is 11.6. The highest BCUT2D eigenvalue weighted by molar-refractivity contribution is 14.1. The van der Waals surface area contributed by atoms with Crippen LogP contribution in [0, 0.1) is 3.57 Å². The van der Waals surface area contributed by atoms with Crippen LogP contribution in [0.4, 0.5) is 10.5 Å². The zero-order valence-corrected chi connectivity index (χ0v) is 12.4. The van der Waals surface area contributed by atoms with Crippen LogP contribution < -0.4 is 16.4 Å². The van der Waals surface area contributed by atoms with Gasteiger partial charge in [0.05, 0.1) is 15.7 Å². The van der Waals surface area contributed by atoms with Crippen LogP contribution in [-0.4, -0.2) is 19.0 Å².